The summed E-state index contributed by atoms with van der Waals surface area (Å²) in [5.41, 5.74) is 2.69. The van der Waals surface area contributed by atoms with Crippen LogP contribution >= 0.6 is 11.8 Å². The minimum absolute atomic E-state index is 0.350. The molecule has 2 heterocycles. The molecule has 130 valence electrons. The third-order valence-corrected chi connectivity index (χ3v) is 5.14. The molecule has 1 aromatic heterocycles. The number of aromatic nitrogens is 1. The molecule has 1 aliphatic rings. The van der Waals surface area contributed by atoms with Crippen molar-refractivity contribution in [1.82, 2.24) is 9.88 Å². The number of aliphatic hydroxyl groups is 1. The van der Waals surface area contributed by atoms with E-state index in [0.29, 0.717) is 11.4 Å². The summed E-state index contributed by atoms with van der Waals surface area (Å²) in [6.45, 7) is 0.432. The Kier molecular flexibility index (Phi) is 4.36. The summed E-state index contributed by atoms with van der Waals surface area (Å²) in [6, 6.07) is 17.3. The summed E-state index contributed by atoms with van der Waals surface area (Å²) in [4.78, 5) is 23.5. The van der Waals surface area contributed by atoms with Crippen LogP contribution in [0.2, 0.25) is 0 Å². The van der Waals surface area contributed by atoms with Gasteiger partial charge in [0.25, 0.3) is 11.1 Å². The molecule has 26 heavy (non-hydrogen) atoms. The first-order chi connectivity index (χ1) is 12.6. The molecule has 2 amide bonds. The highest BCUT2D eigenvalue weighted by Crippen LogP contribution is 2.29. The van der Waals surface area contributed by atoms with Crippen molar-refractivity contribution in [3.8, 4) is 0 Å². The zero-order valence-electron chi connectivity index (χ0n) is 13.8. The minimum Gasteiger partial charge on any atom is -0.387 e. The molecule has 1 unspecified atom stereocenters. The molecule has 0 bridgehead atoms. The molecule has 0 spiro atoms. The first-order valence-corrected chi connectivity index (χ1v) is 8.99. The van der Waals surface area contributed by atoms with Gasteiger partial charge in [0, 0.05) is 17.1 Å². The highest BCUT2D eigenvalue weighted by molar-refractivity contribution is 8.18. The molecule has 0 saturated carbocycles. The number of imide groups is 1. The van der Waals surface area contributed by atoms with E-state index < -0.39 is 6.10 Å². The average molecular weight is 364 g/mol. The largest absolute Gasteiger partial charge is 0.387 e. The number of amides is 2. The summed E-state index contributed by atoms with van der Waals surface area (Å²) in [6.07, 6.45) is 3.04. The summed E-state index contributed by atoms with van der Waals surface area (Å²) in [7, 11) is 0. The molecule has 2 N–H and O–H groups in total. The van der Waals surface area contributed by atoms with Crippen molar-refractivity contribution in [1.29, 1.82) is 0 Å². The number of nitrogens with zero attached hydrogens (tertiary/aromatic N) is 1. The van der Waals surface area contributed by atoms with E-state index in [1.54, 1.807) is 6.08 Å². The van der Waals surface area contributed by atoms with Crippen LogP contribution in [0.25, 0.3) is 17.0 Å². The van der Waals surface area contributed by atoms with Crippen LogP contribution in [0.5, 0.6) is 0 Å². The number of hydrogen-bond acceptors (Lipinski definition) is 4. The van der Waals surface area contributed by atoms with E-state index in [0.717, 1.165) is 33.8 Å². The molecule has 2 aromatic carbocycles. The van der Waals surface area contributed by atoms with Gasteiger partial charge in [-0.25, -0.2) is 0 Å². The summed E-state index contributed by atoms with van der Waals surface area (Å²) in [5, 5.41) is 13.4. The predicted octanol–water partition coefficient (Wildman–Crippen LogP) is 3.70. The predicted molar refractivity (Wildman–Crippen MR) is 102 cm³/mol. The first kappa shape index (κ1) is 16.6. The number of aliphatic hydroxyl groups excluding tert-OH is 1. The number of hydrogen-bond donors (Lipinski definition) is 2. The highest BCUT2D eigenvalue weighted by atomic mass is 32.2. The Hall–Kier alpha value is -2.83. The Morgan fingerprint density at radius 1 is 1.08 bits per heavy atom. The van der Waals surface area contributed by atoms with Crippen LogP contribution in [-0.2, 0) is 11.3 Å². The lowest BCUT2D eigenvalue weighted by molar-refractivity contribution is -0.115. The molecule has 0 aliphatic carbocycles. The molecular weight excluding hydrogens is 348 g/mol. The van der Waals surface area contributed by atoms with Gasteiger partial charge in [0.2, 0.25) is 0 Å². The molecule has 5 nitrogen and oxygen atoms in total. The Bertz CT molecular complexity index is 1020. The van der Waals surface area contributed by atoms with Crippen LogP contribution in [-0.4, -0.2) is 20.8 Å². The molecule has 1 aliphatic heterocycles. The summed E-state index contributed by atoms with van der Waals surface area (Å²) >= 11 is 0.907. The minimum atomic E-state index is -0.609. The van der Waals surface area contributed by atoms with E-state index in [2.05, 4.69) is 5.32 Å². The molecule has 4 rings (SSSR count). The smallest absolute Gasteiger partial charge is 0.290 e. The number of thioether (sulfide) groups is 1. The van der Waals surface area contributed by atoms with Gasteiger partial charge in [-0.3, -0.25) is 14.9 Å². The van der Waals surface area contributed by atoms with Gasteiger partial charge in [0.05, 0.1) is 17.6 Å². The lowest BCUT2D eigenvalue weighted by Gasteiger charge is -2.13. The Morgan fingerprint density at radius 3 is 2.62 bits per heavy atom. The van der Waals surface area contributed by atoms with Crippen LogP contribution in [0.15, 0.2) is 65.7 Å². The maximum absolute atomic E-state index is 11.8. The second-order valence-electron chi connectivity index (χ2n) is 6.03. The van der Waals surface area contributed by atoms with Gasteiger partial charge in [0.1, 0.15) is 0 Å². The molecule has 0 radical (unpaired) electrons. The van der Waals surface area contributed by atoms with Crippen molar-refractivity contribution >= 4 is 39.9 Å². The zero-order chi connectivity index (χ0) is 18.1. The van der Waals surface area contributed by atoms with Crippen molar-refractivity contribution in [3.63, 3.8) is 0 Å². The Balaban J connectivity index is 1.66. The van der Waals surface area contributed by atoms with E-state index in [1.165, 1.54) is 0 Å². The monoisotopic (exact) mass is 364 g/mol. The summed E-state index contributed by atoms with van der Waals surface area (Å²) < 4.78 is 1.99. The summed E-state index contributed by atoms with van der Waals surface area (Å²) in [5.74, 6) is -0.365. The van der Waals surface area contributed by atoms with Crippen LogP contribution in [0.4, 0.5) is 4.79 Å². The van der Waals surface area contributed by atoms with E-state index >= 15 is 0 Å². The average Bonchev–Trinajstić information content (AvgIpc) is 3.19. The molecule has 1 fully saturated rings. The maximum Gasteiger partial charge on any atom is 0.290 e. The van der Waals surface area contributed by atoms with Gasteiger partial charge in [0.15, 0.2) is 0 Å². The standard InChI is InChI=1S/C20H16N2O3S/c23-17(13-5-2-1-3-6-13)12-22-10-9-15-14(7-4-8-16(15)22)11-18-19(24)21-20(25)26-18/h1-11,17,23H,12H2,(H,21,24,25). The van der Waals surface area contributed by atoms with Crippen molar-refractivity contribution in [2.75, 3.05) is 0 Å². The van der Waals surface area contributed by atoms with Crippen molar-refractivity contribution in [2.45, 2.75) is 12.6 Å². The van der Waals surface area contributed by atoms with Crippen molar-refractivity contribution < 1.29 is 14.7 Å². The number of rotatable bonds is 4. The quantitative estimate of drug-likeness (QED) is 0.693. The van der Waals surface area contributed by atoms with E-state index in [9.17, 15) is 14.7 Å². The van der Waals surface area contributed by atoms with Crippen LogP contribution < -0.4 is 5.32 Å². The highest BCUT2D eigenvalue weighted by Gasteiger charge is 2.25. The molecular formula is C20H16N2O3S. The molecule has 6 heteroatoms. The number of benzene rings is 2. The van der Waals surface area contributed by atoms with Crippen LogP contribution in [0.3, 0.4) is 0 Å². The van der Waals surface area contributed by atoms with Gasteiger partial charge >= 0.3 is 0 Å². The van der Waals surface area contributed by atoms with E-state index in [1.807, 2.05) is 65.4 Å². The van der Waals surface area contributed by atoms with E-state index in [-0.39, 0.29) is 11.1 Å². The fourth-order valence-electron chi connectivity index (χ4n) is 3.06. The third kappa shape index (κ3) is 3.16. The van der Waals surface area contributed by atoms with E-state index in [4.69, 9.17) is 0 Å². The fourth-order valence-corrected chi connectivity index (χ4v) is 3.73. The third-order valence-electron chi connectivity index (χ3n) is 4.33. The van der Waals surface area contributed by atoms with Crippen molar-refractivity contribution in [3.05, 3.63) is 76.8 Å². The Morgan fingerprint density at radius 2 is 1.88 bits per heavy atom. The zero-order valence-corrected chi connectivity index (χ0v) is 14.6. The van der Waals surface area contributed by atoms with Gasteiger partial charge in [-0.15, -0.1) is 0 Å². The van der Waals surface area contributed by atoms with Gasteiger partial charge in [-0.2, -0.15) is 0 Å². The second-order valence-corrected chi connectivity index (χ2v) is 7.04. The lowest BCUT2D eigenvalue weighted by Crippen LogP contribution is -2.17. The Labute approximate surface area is 154 Å². The second kappa shape index (κ2) is 6.82. The van der Waals surface area contributed by atoms with Crippen molar-refractivity contribution in [2.24, 2.45) is 0 Å². The number of carbonyl (C=O) groups excluding carboxylic acids is 2. The molecule has 1 atom stereocenters. The normalized spacial score (nSPS) is 17.0. The first-order valence-electron chi connectivity index (χ1n) is 8.17. The maximum atomic E-state index is 11.8. The van der Waals surface area contributed by atoms with Gasteiger partial charge in [-0.1, -0.05) is 42.5 Å². The van der Waals surface area contributed by atoms with Gasteiger partial charge < -0.3 is 9.67 Å². The number of nitrogens with one attached hydrogen (secondary N) is 1. The molecule has 3 aromatic rings. The number of carbonyl (C=O) groups is 2. The SMILES string of the molecule is O=C1NC(=O)C(=Cc2cccc3c2ccn3CC(O)c2ccccc2)S1. The number of fused-ring (bicyclic) bond motifs is 1. The van der Waals surface area contributed by atoms with Gasteiger partial charge in [-0.05, 0) is 41.1 Å². The lowest BCUT2D eigenvalue weighted by atomic mass is 10.1. The fraction of sp³-hybridized carbons (Fsp3) is 0.100. The van der Waals surface area contributed by atoms with Crippen LogP contribution in [0, 0.1) is 0 Å². The topological polar surface area (TPSA) is 71.3 Å². The van der Waals surface area contributed by atoms with Crippen LogP contribution in [0.1, 0.15) is 17.2 Å². The molecule has 1 saturated heterocycles.